The highest BCUT2D eigenvalue weighted by molar-refractivity contribution is 5.75. The maximum absolute atomic E-state index is 11.9. The molecule has 0 radical (unpaired) electrons. The van der Waals surface area contributed by atoms with Crippen molar-refractivity contribution in [3.05, 3.63) is 0 Å². The number of rotatable bonds is 3. The summed E-state index contributed by atoms with van der Waals surface area (Å²) in [6.45, 7) is 12.6. The molecule has 0 amide bonds. The molecule has 0 aliphatic heterocycles. The summed E-state index contributed by atoms with van der Waals surface area (Å²) >= 11 is 0. The van der Waals surface area contributed by atoms with Gasteiger partial charge in [-0.15, -0.1) is 0 Å². The predicted molar refractivity (Wildman–Crippen MR) is 89.8 cm³/mol. The second-order valence-corrected chi connectivity index (χ2v) is 9.89. The molecular formula is C19H34O4. The van der Waals surface area contributed by atoms with Crippen LogP contribution in [0.5, 0.6) is 0 Å². The van der Waals surface area contributed by atoms with Crippen molar-refractivity contribution >= 4 is 5.97 Å². The average molecular weight is 326 g/mol. The molecule has 134 valence electrons. The lowest BCUT2D eigenvalue weighted by molar-refractivity contribution is -0.156. The van der Waals surface area contributed by atoms with Gasteiger partial charge in [0.2, 0.25) is 0 Å². The van der Waals surface area contributed by atoms with Crippen LogP contribution in [0.3, 0.4) is 0 Å². The van der Waals surface area contributed by atoms with Gasteiger partial charge in [-0.25, -0.2) is 0 Å². The maximum atomic E-state index is 11.9. The monoisotopic (exact) mass is 326 g/mol. The zero-order valence-corrected chi connectivity index (χ0v) is 15.6. The van der Waals surface area contributed by atoms with Gasteiger partial charge in [0.1, 0.15) is 0 Å². The molecule has 0 aromatic heterocycles. The summed E-state index contributed by atoms with van der Waals surface area (Å²) in [6.07, 6.45) is 2.05. The Bertz CT molecular complexity index is 451. The van der Waals surface area contributed by atoms with Crippen LogP contribution in [-0.2, 0) is 9.53 Å². The van der Waals surface area contributed by atoms with Crippen LogP contribution in [0.15, 0.2) is 0 Å². The molecule has 4 heteroatoms. The number of fused-ring (bicyclic) bond motifs is 1. The molecule has 2 rings (SSSR count). The number of hydrogen-bond donors (Lipinski definition) is 2. The molecule has 23 heavy (non-hydrogen) atoms. The van der Waals surface area contributed by atoms with E-state index in [4.69, 9.17) is 4.74 Å². The summed E-state index contributed by atoms with van der Waals surface area (Å²) < 4.78 is 5.45. The Morgan fingerprint density at radius 3 is 2.30 bits per heavy atom. The fourth-order valence-corrected chi connectivity index (χ4v) is 4.65. The summed E-state index contributed by atoms with van der Waals surface area (Å²) in [5.74, 6) is 0.349. The van der Waals surface area contributed by atoms with Gasteiger partial charge in [-0.2, -0.15) is 0 Å². The standard InChI is InChI=1S/C19H34O4/c1-17(2,3)16(22)23-8-7-19(6)11-14(20)15(21)12-9-18(4,5)10-13(12)19/h12-15,20-21H,7-11H2,1-6H3. The van der Waals surface area contributed by atoms with Crippen molar-refractivity contribution in [2.75, 3.05) is 6.61 Å². The van der Waals surface area contributed by atoms with E-state index in [1.807, 2.05) is 20.8 Å². The lowest BCUT2D eigenvalue weighted by atomic mass is 9.60. The summed E-state index contributed by atoms with van der Waals surface area (Å²) in [5, 5.41) is 20.7. The summed E-state index contributed by atoms with van der Waals surface area (Å²) in [7, 11) is 0. The first kappa shape index (κ1) is 18.7. The number of aliphatic hydroxyl groups is 2. The largest absolute Gasteiger partial charge is 0.465 e. The third kappa shape index (κ3) is 3.90. The molecule has 4 nitrogen and oxygen atoms in total. The fourth-order valence-electron chi connectivity index (χ4n) is 4.65. The van der Waals surface area contributed by atoms with Crippen LogP contribution < -0.4 is 0 Å². The van der Waals surface area contributed by atoms with E-state index in [0.29, 0.717) is 18.9 Å². The Balaban J connectivity index is 2.05. The molecule has 2 saturated carbocycles. The zero-order valence-electron chi connectivity index (χ0n) is 15.6. The Hall–Kier alpha value is -0.610. The average Bonchev–Trinajstić information content (AvgIpc) is 2.72. The fraction of sp³-hybridized carbons (Fsp3) is 0.947. The van der Waals surface area contributed by atoms with Gasteiger partial charge in [0.15, 0.2) is 0 Å². The number of ether oxygens (including phenoxy) is 1. The van der Waals surface area contributed by atoms with Crippen molar-refractivity contribution in [3.8, 4) is 0 Å². The van der Waals surface area contributed by atoms with Crippen molar-refractivity contribution in [2.45, 2.75) is 79.4 Å². The van der Waals surface area contributed by atoms with Gasteiger partial charge >= 0.3 is 5.97 Å². The molecule has 2 aliphatic carbocycles. The van der Waals surface area contributed by atoms with Gasteiger partial charge in [-0.05, 0) is 69.1 Å². The third-order valence-corrected chi connectivity index (χ3v) is 6.00. The topological polar surface area (TPSA) is 66.8 Å². The van der Waals surface area contributed by atoms with E-state index in [-0.39, 0.29) is 22.7 Å². The molecule has 0 bridgehead atoms. The predicted octanol–water partition coefficient (Wildman–Crippen LogP) is 3.15. The molecule has 5 unspecified atom stereocenters. The quantitative estimate of drug-likeness (QED) is 0.782. The minimum absolute atomic E-state index is 0.0880. The van der Waals surface area contributed by atoms with Crippen molar-refractivity contribution in [1.29, 1.82) is 0 Å². The third-order valence-electron chi connectivity index (χ3n) is 6.00. The first-order valence-electron chi connectivity index (χ1n) is 8.89. The van der Waals surface area contributed by atoms with Crippen LogP contribution in [0.2, 0.25) is 0 Å². The van der Waals surface area contributed by atoms with Crippen LogP contribution >= 0.6 is 0 Å². The Labute approximate surface area is 140 Å². The Morgan fingerprint density at radius 1 is 1.13 bits per heavy atom. The van der Waals surface area contributed by atoms with E-state index >= 15 is 0 Å². The molecule has 0 heterocycles. The number of carbonyl (C=O) groups excluding carboxylic acids is 1. The van der Waals surface area contributed by atoms with Gasteiger partial charge in [0, 0.05) is 0 Å². The number of aliphatic hydroxyl groups excluding tert-OH is 2. The highest BCUT2D eigenvalue weighted by Gasteiger charge is 2.55. The van der Waals surface area contributed by atoms with E-state index in [1.54, 1.807) is 0 Å². The molecule has 0 aromatic carbocycles. The van der Waals surface area contributed by atoms with Gasteiger partial charge < -0.3 is 14.9 Å². The van der Waals surface area contributed by atoms with E-state index in [2.05, 4.69) is 20.8 Å². The Morgan fingerprint density at radius 2 is 1.74 bits per heavy atom. The maximum Gasteiger partial charge on any atom is 0.311 e. The summed E-state index contributed by atoms with van der Waals surface area (Å²) in [6, 6.07) is 0. The number of carbonyl (C=O) groups is 1. The van der Waals surface area contributed by atoms with Gasteiger partial charge in [-0.3, -0.25) is 4.79 Å². The van der Waals surface area contributed by atoms with Gasteiger partial charge in [0.25, 0.3) is 0 Å². The lowest BCUT2D eigenvalue weighted by Gasteiger charge is -2.48. The highest BCUT2D eigenvalue weighted by atomic mass is 16.5. The van der Waals surface area contributed by atoms with E-state index in [1.165, 1.54) is 0 Å². The summed E-state index contributed by atoms with van der Waals surface area (Å²) in [5.41, 5.74) is -0.375. The van der Waals surface area contributed by atoms with E-state index < -0.39 is 17.6 Å². The van der Waals surface area contributed by atoms with Crippen molar-refractivity contribution in [1.82, 2.24) is 0 Å². The molecule has 2 N–H and O–H groups in total. The van der Waals surface area contributed by atoms with Crippen molar-refractivity contribution < 1.29 is 19.7 Å². The number of esters is 1. The molecule has 0 spiro atoms. The van der Waals surface area contributed by atoms with Gasteiger partial charge in [-0.1, -0.05) is 20.8 Å². The van der Waals surface area contributed by atoms with Crippen LogP contribution in [0.4, 0.5) is 0 Å². The van der Waals surface area contributed by atoms with Gasteiger partial charge in [0.05, 0.1) is 24.2 Å². The van der Waals surface area contributed by atoms with Crippen LogP contribution in [-0.4, -0.2) is 35.0 Å². The minimum Gasteiger partial charge on any atom is -0.465 e. The molecule has 2 aliphatic rings. The molecule has 0 aromatic rings. The highest BCUT2D eigenvalue weighted by Crippen LogP contribution is 2.59. The summed E-state index contributed by atoms with van der Waals surface area (Å²) in [4.78, 5) is 11.9. The smallest absolute Gasteiger partial charge is 0.311 e. The van der Waals surface area contributed by atoms with Crippen LogP contribution in [0.25, 0.3) is 0 Å². The first-order valence-corrected chi connectivity index (χ1v) is 8.89. The normalized spacial score (nSPS) is 39.8. The van der Waals surface area contributed by atoms with Crippen LogP contribution in [0.1, 0.15) is 67.2 Å². The molecular weight excluding hydrogens is 292 g/mol. The molecule has 5 atom stereocenters. The SMILES string of the molecule is CC1(C)CC2C(O)C(O)CC(C)(CCOC(=O)C(C)(C)C)C2C1. The Kier molecular flexibility index (Phi) is 4.91. The minimum atomic E-state index is -0.673. The van der Waals surface area contributed by atoms with Crippen molar-refractivity contribution in [2.24, 2.45) is 28.1 Å². The first-order chi connectivity index (χ1) is 10.4. The van der Waals surface area contributed by atoms with Crippen molar-refractivity contribution in [3.63, 3.8) is 0 Å². The lowest BCUT2D eigenvalue weighted by Crippen LogP contribution is -2.50. The number of hydrogen-bond acceptors (Lipinski definition) is 4. The van der Waals surface area contributed by atoms with E-state index in [0.717, 1.165) is 19.3 Å². The van der Waals surface area contributed by atoms with Crippen LogP contribution in [0, 0.1) is 28.1 Å². The molecule has 2 fully saturated rings. The van der Waals surface area contributed by atoms with E-state index in [9.17, 15) is 15.0 Å². The second kappa shape index (κ2) is 6.03. The molecule has 0 saturated heterocycles. The second-order valence-electron chi connectivity index (χ2n) is 9.89. The zero-order chi connectivity index (χ0) is 17.6.